The van der Waals surface area contributed by atoms with Gasteiger partial charge in [0.15, 0.2) is 5.71 Å². The predicted octanol–water partition coefficient (Wildman–Crippen LogP) is 1.35. The standard InChI is InChI=1S/C10H10FNO3/c1-14-10(13)9(12-15-2)7-5-3-4-6-8(7)11/h3-6H,1-2H3/b12-9+. The molecule has 0 amide bonds. The maximum Gasteiger partial charge on any atom is 0.360 e. The molecule has 0 aliphatic rings. The smallest absolute Gasteiger partial charge is 0.360 e. The van der Waals surface area contributed by atoms with Gasteiger partial charge in [-0.25, -0.2) is 9.18 Å². The lowest BCUT2D eigenvalue weighted by molar-refractivity contribution is -0.132. The van der Waals surface area contributed by atoms with Gasteiger partial charge in [0.1, 0.15) is 12.9 Å². The number of hydrogen-bond acceptors (Lipinski definition) is 4. The average molecular weight is 211 g/mol. The van der Waals surface area contributed by atoms with Crippen molar-refractivity contribution in [2.24, 2.45) is 5.16 Å². The number of methoxy groups -OCH3 is 1. The Morgan fingerprint density at radius 2 is 2.00 bits per heavy atom. The van der Waals surface area contributed by atoms with Crippen molar-refractivity contribution in [3.8, 4) is 0 Å². The lowest BCUT2D eigenvalue weighted by atomic mass is 10.1. The fraction of sp³-hybridized carbons (Fsp3) is 0.200. The first-order valence-corrected chi connectivity index (χ1v) is 4.15. The van der Waals surface area contributed by atoms with E-state index in [4.69, 9.17) is 0 Å². The lowest BCUT2D eigenvalue weighted by Gasteiger charge is -2.04. The largest absolute Gasteiger partial charge is 0.464 e. The maximum absolute atomic E-state index is 13.3. The summed E-state index contributed by atoms with van der Waals surface area (Å²) in [5.41, 5.74) is -0.149. The van der Waals surface area contributed by atoms with Gasteiger partial charge in [0.25, 0.3) is 0 Å². The Morgan fingerprint density at radius 1 is 1.33 bits per heavy atom. The first-order chi connectivity index (χ1) is 7.20. The van der Waals surface area contributed by atoms with E-state index in [9.17, 15) is 9.18 Å². The fourth-order valence-corrected chi connectivity index (χ4v) is 1.04. The van der Waals surface area contributed by atoms with Crippen LogP contribution in [0.2, 0.25) is 0 Å². The van der Waals surface area contributed by atoms with Crippen LogP contribution in [0.15, 0.2) is 29.4 Å². The van der Waals surface area contributed by atoms with E-state index in [1.54, 1.807) is 6.07 Å². The Hall–Kier alpha value is -1.91. The summed E-state index contributed by atoms with van der Waals surface area (Å²) in [4.78, 5) is 15.7. The second-order valence-corrected chi connectivity index (χ2v) is 2.59. The van der Waals surface area contributed by atoms with Crippen LogP contribution >= 0.6 is 0 Å². The minimum absolute atomic E-state index is 0.0474. The quantitative estimate of drug-likeness (QED) is 0.430. The van der Waals surface area contributed by atoms with E-state index in [1.165, 1.54) is 32.4 Å². The number of ether oxygens (including phenoxy) is 1. The van der Waals surface area contributed by atoms with Gasteiger partial charge in [0.2, 0.25) is 0 Å². The van der Waals surface area contributed by atoms with Gasteiger partial charge in [-0.1, -0.05) is 17.3 Å². The van der Waals surface area contributed by atoms with E-state index in [0.717, 1.165) is 0 Å². The van der Waals surface area contributed by atoms with Crippen LogP contribution in [0.5, 0.6) is 0 Å². The molecule has 0 fully saturated rings. The van der Waals surface area contributed by atoms with Crippen LogP contribution in [0.25, 0.3) is 0 Å². The molecule has 1 rings (SSSR count). The van der Waals surface area contributed by atoms with Crippen molar-refractivity contribution in [2.45, 2.75) is 0 Å². The topological polar surface area (TPSA) is 47.9 Å². The molecule has 0 saturated carbocycles. The van der Waals surface area contributed by atoms with Gasteiger partial charge in [-0.15, -0.1) is 0 Å². The molecular weight excluding hydrogens is 201 g/mol. The van der Waals surface area contributed by atoms with Crippen LogP contribution in [-0.2, 0) is 14.4 Å². The second-order valence-electron chi connectivity index (χ2n) is 2.59. The number of carbonyl (C=O) groups is 1. The highest BCUT2D eigenvalue weighted by molar-refractivity contribution is 6.43. The molecule has 15 heavy (non-hydrogen) atoms. The third-order valence-electron chi connectivity index (χ3n) is 1.69. The van der Waals surface area contributed by atoms with Crippen molar-refractivity contribution >= 4 is 11.7 Å². The third-order valence-corrected chi connectivity index (χ3v) is 1.69. The van der Waals surface area contributed by atoms with Crippen molar-refractivity contribution < 1.29 is 18.8 Å². The van der Waals surface area contributed by atoms with Crippen LogP contribution in [-0.4, -0.2) is 25.9 Å². The number of halogens is 1. The monoisotopic (exact) mass is 211 g/mol. The molecule has 1 aromatic carbocycles. The van der Waals surface area contributed by atoms with Crippen LogP contribution in [0.4, 0.5) is 4.39 Å². The van der Waals surface area contributed by atoms with Crippen molar-refractivity contribution in [1.29, 1.82) is 0 Å². The molecule has 0 unspecified atom stereocenters. The summed E-state index contributed by atoms with van der Waals surface area (Å²) >= 11 is 0. The molecular formula is C10H10FNO3. The summed E-state index contributed by atoms with van der Waals surface area (Å²) in [5, 5.41) is 3.43. The number of benzene rings is 1. The summed E-state index contributed by atoms with van der Waals surface area (Å²) < 4.78 is 17.8. The van der Waals surface area contributed by atoms with E-state index in [-0.39, 0.29) is 11.3 Å². The first-order valence-electron chi connectivity index (χ1n) is 4.15. The zero-order chi connectivity index (χ0) is 11.3. The zero-order valence-corrected chi connectivity index (χ0v) is 8.36. The van der Waals surface area contributed by atoms with E-state index in [0.29, 0.717) is 0 Å². The molecule has 1 aromatic rings. The molecule has 0 heterocycles. The van der Waals surface area contributed by atoms with Gasteiger partial charge in [0.05, 0.1) is 7.11 Å². The molecule has 0 saturated heterocycles. The zero-order valence-electron chi connectivity index (χ0n) is 8.36. The normalized spacial score (nSPS) is 11.0. The summed E-state index contributed by atoms with van der Waals surface area (Å²) in [6.45, 7) is 0. The van der Waals surface area contributed by atoms with Gasteiger partial charge in [-0.05, 0) is 12.1 Å². The van der Waals surface area contributed by atoms with Crippen molar-refractivity contribution in [3.63, 3.8) is 0 Å². The summed E-state index contributed by atoms with van der Waals surface area (Å²) in [5.74, 6) is -1.30. The number of esters is 1. The Balaban J connectivity index is 3.17. The molecule has 0 bridgehead atoms. The Bertz CT molecular complexity index is 390. The number of nitrogens with zero attached hydrogens (tertiary/aromatic N) is 1. The average Bonchev–Trinajstić information content (AvgIpc) is 2.26. The van der Waals surface area contributed by atoms with Gasteiger partial charge >= 0.3 is 5.97 Å². The van der Waals surface area contributed by atoms with Crippen molar-refractivity contribution in [3.05, 3.63) is 35.6 Å². The fourth-order valence-electron chi connectivity index (χ4n) is 1.04. The minimum atomic E-state index is -0.748. The van der Waals surface area contributed by atoms with E-state index in [2.05, 4.69) is 14.7 Å². The Morgan fingerprint density at radius 3 is 2.53 bits per heavy atom. The lowest BCUT2D eigenvalue weighted by Crippen LogP contribution is -2.18. The SMILES string of the molecule is CO/N=C(/C(=O)OC)c1ccccc1F. The van der Waals surface area contributed by atoms with Gasteiger partial charge in [0, 0.05) is 5.56 Å². The van der Waals surface area contributed by atoms with E-state index < -0.39 is 11.8 Å². The third kappa shape index (κ3) is 2.52. The second kappa shape index (κ2) is 5.09. The van der Waals surface area contributed by atoms with Gasteiger partial charge in [-0.3, -0.25) is 0 Å². The number of carbonyl (C=O) groups excluding carboxylic acids is 1. The molecule has 4 nitrogen and oxygen atoms in total. The predicted molar refractivity (Wildman–Crippen MR) is 52.0 cm³/mol. The molecule has 0 aliphatic carbocycles. The molecule has 0 N–H and O–H groups in total. The Kier molecular flexibility index (Phi) is 3.79. The summed E-state index contributed by atoms with van der Waals surface area (Å²) in [7, 11) is 2.46. The first kappa shape index (κ1) is 11.2. The highest BCUT2D eigenvalue weighted by Crippen LogP contribution is 2.09. The van der Waals surface area contributed by atoms with E-state index >= 15 is 0 Å². The van der Waals surface area contributed by atoms with Crippen molar-refractivity contribution in [2.75, 3.05) is 14.2 Å². The highest BCUT2D eigenvalue weighted by Gasteiger charge is 2.18. The van der Waals surface area contributed by atoms with Gasteiger partial charge < -0.3 is 9.57 Å². The molecule has 0 atom stereocenters. The maximum atomic E-state index is 13.3. The minimum Gasteiger partial charge on any atom is -0.464 e. The summed E-state index contributed by atoms with van der Waals surface area (Å²) in [6.07, 6.45) is 0. The number of rotatable bonds is 3. The van der Waals surface area contributed by atoms with Crippen LogP contribution in [0.1, 0.15) is 5.56 Å². The van der Waals surface area contributed by atoms with E-state index in [1.807, 2.05) is 0 Å². The molecule has 80 valence electrons. The highest BCUT2D eigenvalue weighted by atomic mass is 19.1. The molecule has 0 aliphatic heterocycles. The molecule has 0 radical (unpaired) electrons. The summed E-state index contributed by atoms with van der Waals surface area (Å²) in [6, 6.07) is 5.75. The van der Waals surface area contributed by atoms with Gasteiger partial charge in [-0.2, -0.15) is 0 Å². The van der Waals surface area contributed by atoms with Crippen LogP contribution in [0, 0.1) is 5.82 Å². The Labute approximate surface area is 86.3 Å². The van der Waals surface area contributed by atoms with Crippen LogP contribution < -0.4 is 0 Å². The number of oxime groups is 1. The molecule has 5 heteroatoms. The number of hydrogen-bond donors (Lipinski definition) is 0. The van der Waals surface area contributed by atoms with Crippen molar-refractivity contribution in [1.82, 2.24) is 0 Å². The molecule has 0 aromatic heterocycles. The van der Waals surface area contributed by atoms with Crippen LogP contribution in [0.3, 0.4) is 0 Å². The molecule has 0 spiro atoms.